The van der Waals surface area contributed by atoms with Gasteiger partial charge in [0.2, 0.25) is 5.91 Å². The summed E-state index contributed by atoms with van der Waals surface area (Å²) in [7, 11) is 0. The molecule has 23 heavy (non-hydrogen) atoms. The van der Waals surface area contributed by atoms with Crippen LogP contribution in [0.1, 0.15) is 25.8 Å². The van der Waals surface area contributed by atoms with Crippen LogP contribution in [0.15, 0.2) is 28.2 Å². The molecule has 0 unspecified atom stereocenters. The minimum Gasteiger partial charge on any atom is -0.323 e. The summed E-state index contributed by atoms with van der Waals surface area (Å²) in [5, 5.41) is 8.40. The molecule has 1 heterocycles. The molecule has 122 valence electrons. The van der Waals surface area contributed by atoms with E-state index in [0.29, 0.717) is 5.16 Å². The van der Waals surface area contributed by atoms with E-state index in [1.165, 1.54) is 4.57 Å². The molecule has 0 bridgehead atoms. The normalized spacial score (nSPS) is 15.4. The first-order valence-corrected chi connectivity index (χ1v) is 7.93. The smallest absolute Gasteiger partial charge is 0.323 e. The van der Waals surface area contributed by atoms with Crippen molar-refractivity contribution in [2.45, 2.75) is 36.2 Å². The molecule has 1 saturated carbocycles. The van der Waals surface area contributed by atoms with Crippen LogP contribution in [0.4, 0.5) is 14.5 Å². The maximum Gasteiger partial charge on any atom is 0.344 e. The lowest BCUT2D eigenvalue weighted by Crippen LogP contribution is -2.24. The van der Waals surface area contributed by atoms with Gasteiger partial charge in [-0.15, -0.1) is 5.10 Å². The molecule has 1 atom stereocenters. The Morgan fingerprint density at radius 2 is 2.22 bits per heavy atom. The summed E-state index contributed by atoms with van der Waals surface area (Å²) in [5.41, 5.74) is -0.525. The van der Waals surface area contributed by atoms with E-state index in [2.05, 4.69) is 15.5 Å². The molecule has 1 aliphatic rings. The molecule has 0 spiro atoms. The van der Waals surface area contributed by atoms with E-state index in [1.54, 1.807) is 6.92 Å². The first-order chi connectivity index (χ1) is 11.0. The molecule has 1 aromatic carbocycles. The highest BCUT2D eigenvalue weighted by molar-refractivity contribution is 8.00. The van der Waals surface area contributed by atoms with E-state index in [9.17, 15) is 18.4 Å². The van der Waals surface area contributed by atoms with Gasteiger partial charge in [0.05, 0.1) is 10.9 Å². The molecule has 0 aliphatic heterocycles. The first-order valence-electron chi connectivity index (χ1n) is 7.05. The van der Waals surface area contributed by atoms with Crippen LogP contribution in [0.2, 0.25) is 0 Å². The molecule has 6 nitrogen and oxygen atoms in total. The quantitative estimate of drug-likeness (QED) is 0.819. The van der Waals surface area contributed by atoms with Crippen molar-refractivity contribution in [1.29, 1.82) is 0 Å². The van der Waals surface area contributed by atoms with Crippen molar-refractivity contribution >= 4 is 23.4 Å². The Hall–Kier alpha value is -2.16. The van der Waals surface area contributed by atoms with Gasteiger partial charge < -0.3 is 5.32 Å². The summed E-state index contributed by atoms with van der Waals surface area (Å²) in [6, 6.07) is 2.96. The zero-order chi connectivity index (χ0) is 16.6. The highest BCUT2D eigenvalue weighted by Gasteiger charge is 2.30. The van der Waals surface area contributed by atoms with Crippen LogP contribution >= 0.6 is 11.8 Å². The number of benzene rings is 1. The minimum absolute atomic E-state index is 0.125. The van der Waals surface area contributed by atoms with Gasteiger partial charge in [-0.3, -0.25) is 9.36 Å². The molecular weight excluding hydrogens is 326 g/mol. The van der Waals surface area contributed by atoms with Crippen molar-refractivity contribution in [1.82, 2.24) is 14.8 Å². The number of anilines is 1. The summed E-state index contributed by atoms with van der Waals surface area (Å²) in [6.07, 6.45) is 1.81. The number of carbonyl (C=O) groups is 1. The van der Waals surface area contributed by atoms with Crippen LogP contribution in [0.5, 0.6) is 0 Å². The lowest BCUT2D eigenvalue weighted by molar-refractivity contribution is -0.115. The topological polar surface area (TPSA) is 79.8 Å². The van der Waals surface area contributed by atoms with Gasteiger partial charge in [0.1, 0.15) is 11.6 Å². The predicted molar refractivity (Wildman–Crippen MR) is 81.4 cm³/mol. The average Bonchev–Trinajstić information content (AvgIpc) is 3.27. The highest BCUT2D eigenvalue weighted by atomic mass is 32.2. The summed E-state index contributed by atoms with van der Waals surface area (Å²) in [6.45, 7) is 1.60. The van der Waals surface area contributed by atoms with Crippen molar-refractivity contribution in [3.63, 3.8) is 0 Å². The fourth-order valence-electron chi connectivity index (χ4n) is 2.07. The average molecular weight is 340 g/mol. The van der Waals surface area contributed by atoms with Crippen LogP contribution in [-0.2, 0) is 4.79 Å². The zero-order valence-electron chi connectivity index (χ0n) is 12.2. The lowest BCUT2D eigenvalue weighted by atomic mass is 10.3. The SMILES string of the molecule is C[C@H](Sc1n[nH]c(=O)n1C1CC1)C(=O)Nc1cc(F)ccc1F. The largest absolute Gasteiger partial charge is 0.344 e. The third kappa shape index (κ3) is 3.44. The zero-order valence-corrected chi connectivity index (χ0v) is 13.0. The lowest BCUT2D eigenvalue weighted by Gasteiger charge is -2.12. The summed E-state index contributed by atoms with van der Waals surface area (Å²) in [4.78, 5) is 23.8. The van der Waals surface area contributed by atoms with Gasteiger partial charge in [0.15, 0.2) is 5.16 Å². The maximum atomic E-state index is 13.6. The number of nitrogens with zero attached hydrogens (tertiary/aromatic N) is 2. The molecular formula is C14H14F2N4O2S. The standard InChI is InChI=1S/C14H14F2N4O2S/c1-7(12(21)17-11-6-8(15)2-5-10(11)16)23-14-19-18-13(22)20(14)9-3-4-9/h2,5-7,9H,3-4H2,1H3,(H,17,21)(H,18,22)/t7-/m0/s1. The van der Waals surface area contributed by atoms with E-state index >= 15 is 0 Å². The third-order valence-electron chi connectivity index (χ3n) is 3.42. The Morgan fingerprint density at radius 3 is 2.91 bits per heavy atom. The van der Waals surface area contributed by atoms with Gasteiger partial charge in [0.25, 0.3) is 0 Å². The van der Waals surface area contributed by atoms with E-state index in [4.69, 9.17) is 0 Å². The number of rotatable bonds is 5. The first kappa shape index (κ1) is 15.7. The van der Waals surface area contributed by atoms with Crippen molar-refractivity contribution in [3.8, 4) is 0 Å². The summed E-state index contributed by atoms with van der Waals surface area (Å²) >= 11 is 1.09. The molecule has 9 heteroatoms. The second kappa shape index (κ2) is 6.15. The number of nitrogens with one attached hydrogen (secondary N) is 2. The fraction of sp³-hybridized carbons (Fsp3) is 0.357. The van der Waals surface area contributed by atoms with E-state index in [0.717, 1.165) is 42.8 Å². The minimum atomic E-state index is -0.716. The summed E-state index contributed by atoms with van der Waals surface area (Å²) < 4.78 is 28.2. The Balaban J connectivity index is 1.71. The third-order valence-corrected chi connectivity index (χ3v) is 4.49. The number of aromatic amines is 1. The highest BCUT2D eigenvalue weighted by Crippen LogP contribution is 2.36. The number of carbonyl (C=O) groups excluding carboxylic acids is 1. The Bertz CT molecular complexity index is 800. The molecule has 0 radical (unpaired) electrons. The van der Waals surface area contributed by atoms with Crippen LogP contribution in [0.25, 0.3) is 0 Å². The van der Waals surface area contributed by atoms with Crippen LogP contribution in [-0.4, -0.2) is 25.9 Å². The van der Waals surface area contributed by atoms with Gasteiger partial charge in [-0.1, -0.05) is 11.8 Å². The Labute approximate surface area is 134 Å². The summed E-state index contributed by atoms with van der Waals surface area (Å²) in [5.74, 6) is -1.86. The molecule has 1 amide bonds. The molecule has 1 aliphatic carbocycles. The molecule has 3 rings (SSSR count). The van der Waals surface area contributed by atoms with E-state index < -0.39 is 22.8 Å². The molecule has 2 aromatic rings. The molecule has 1 fully saturated rings. The van der Waals surface area contributed by atoms with E-state index in [1.807, 2.05) is 0 Å². The molecule has 0 saturated heterocycles. The fourth-order valence-corrected chi connectivity index (χ4v) is 2.99. The van der Waals surface area contributed by atoms with Gasteiger partial charge in [-0.05, 0) is 31.9 Å². The number of thioether (sulfide) groups is 1. The molecule has 1 aromatic heterocycles. The predicted octanol–water partition coefficient (Wildman–Crippen LogP) is 2.30. The van der Waals surface area contributed by atoms with Crippen LogP contribution < -0.4 is 11.0 Å². The number of aromatic nitrogens is 3. The van der Waals surface area contributed by atoms with Crippen LogP contribution in [0.3, 0.4) is 0 Å². The van der Waals surface area contributed by atoms with Gasteiger partial charge in [-0.25, -0.2) is 18.7 Å². The van der Waals surface area contributed by atoms with Gasteiger partial charge in [0, 0.05) is 12.1 Å². The van der Waals surface area contributed by atoms with Crippen molar-refractivity contribution < 1.29 is 13.6 Å². The number of amides is 1. The molecule has 2 N–H and O–H groups in total. The monoisotopic (exact) mass is 340 g/mol. The second-order valence-electron chi connectivity index (χ2n) is 5.29. The Morgan fingerprint density at radius 1 is 1.48 bits per heavy atom. The van der Waals surface area contributed by atoms with Crippen LogP contribution in [0, 0.1) is 11.6 Å². The Kier molecular flexibility index (Phi) is 4.20. The van der Waals surface area contributed by atoms with Gasteiger partial charge >= 0.3 is 5.69 Å². The van der Waals surface area contributed by atoms with Gasteiger partial charge in [-0.2, -0.15) is 0 Å². The van der Waals surface area contributed by atoms with Crippen molar-refractivity contribution in [2.24, 2.45) is 0 Å². The number of hydrogen-bond acceptors (Lipinski definition) is 4. The maximum absolute atomic E-state index is 13.6. The van der Waals surface area contributed by atoms with E-state index in [-0.39, 0.29) is 17.4 Å². The second-order valence-corrected chi connectivity index (χ2v) is 6.59. The van der Waals surface area contributed by atoms with Crippen molar-refractivity contribution in [2.75, 3.05) is 5.32 Å². The number of H-pyrrole nitrogens is 1. The van der Waals surface area contributed by atoms with Crippen molar-refractivity contribution in [3.05, 3.63) is 40.3 Å². The number of hydrogen-bond donors (Lipinski definition) is 2. The number of halogens is 2.